The van der Waals surface area contributed by atoms with E-state index in [0.29, 0.717) is 25.1 Å². The van der Waals surface area contributed by atoms with Gasteiger partial charge in [-0.15, -0.1) is 0 Å². The van der Waals surface area contributed by atoms with Crippen LogP contribution >= 0.6 is 0 Å². The molecule has 27 heavy (non-hydrogen) atoms. The van der Waals surface area contributed by atoms with E-state index in [1.165, 1.54) is 5.56 Å². The SMILES string of the molecule is N#Cc1ccc(CN(C2CC2)S(=O)(=O)CCc2ccc3c(c2)CCO3)cc1. The molecule has 140 valence electrons. The van der Waals surface area contributed by atoms with Gasteiger partial charge in [0.25, 0.3) is 0 Å². The molecule has 6 heteroatoms. The van der Waals surface area contributed by atoms with Crippen LogP contribution in [0, 0.1) is 11.3 Å². The maximum atomic E-state index is 13.0. The third-order valence-corrected chi connectivity index (χ3v) is 7.00. The lowest BCUT2D eigenvalue weighted by molar-refractivity contribution is 0.357. The zero-order valence-corrected chi connectivity index (χ0v) is 15.9. The number of rotatable bonds is 7. The van der Waals surface area contributed by atoms with Gasteiger partial charge in [-0.05, 0) is 54.2 Å². The molecule has 0 radical (unpaired) electrons. The lowest BCUT2D eigenvalue weighted by Crippen LogP contribution is -2.35. The maximum Gasteiger partial charge on any atom is 0.214 e. The predicted octanol–water partition coefficient (Wildman–Crippen LogP) is 3.03. The van der Waals surface area contributed by atoms with E-state index in [9.17, 15) is 8.42 Å². The number of hydrogen-bond acceptors (Lipinski definition) is 4. The van der Waals surface area contributed by atoms with Crippen LogP contribution < -0.4 is 4.74 Å². The Morgan fingerprint density at radius 1 is 1.11 bits per heavy atom. The van der Waals surface area contributed by atoms with Gasteiger partial charge in [0.1, 0.15) is 5.75 Å². The summed E-state index contributed by atoms with van der Waals surface area (Å²) >= 11 is 0. The summed E-state index contributed by atoms with van der Waals surface area (Å²) in [6, 6.07) is 15.3. The number of ether oxygens (including phenoxy) is 1. The second-order valence-electron chi connectivity index (χ2n) is 7.19. The number of aryl methyl sites for hydroxylation is 1. The van der Waals surface area contributed by atoms with Crippen molar-refractivity contribution in [2.24, 2.45) is 0 Å². The van der Waals surface area contributed by atoms with E-state index in [1.54, 1.807) is 16.4 Å². The summed E-state index contributed by atoms with van der Waals surface area (Å²) < 4.78 is 33.1. The summed E-state index contributed by atoms with van der Waals surface area (Å²) in [6.07, 6.45) is 3.24. The number of benzene rings is 2. The van der Waals surface area contributed by atoms with Gasteiger partial charge in [-0.2, -0.15) is 9.57 Å². The number of fused-ring (bicyclic) bond motifs is 1. The zero-order valence-electron chi connectivity index (χ0n) is 15.1. The highest BCUT2D eigenvalue weighted by Gasteiger charge is 2.36. The van der Waals surface area contributed by atoms with Crippen molar-refractivity contribution >= 4 is 10.0 Å². The molecule has 2 aromatic carbocycles. The van der Waals surface area contributed by atoms with Crippen molar-refractivity contribution in [3.05, 3.63) is 64.7 Å². The van der Waals surface area contributed by atoms with E-state index in [2.05, 4.69) is 12.1 Å². The van der Waals surface area contributed by atoms with Gasteiger partial charge in [0.15, 0.2) is 0 Å². The molecule has 2 aliphatic rings. The van der Waals surface area contributed by atoms with Gasteiger partial charge in [-0.1, -0.05) is 24.3 Å². The normalized spacial score (nSPS) is 16.0. The summed E-state index contributed by atoms with van der Waals surface area (Å²) in [4.78, 5) is 0. The molecule has 1 aliphatic carbocycles. The first-order valence-corrected chi connectivity index (χ1v) is 10.9. The molecule has 4 rings (SSSR count). The first kappa shape index (κ1) is 18.0. The Morgan fingerprint density at radius 3 is 2.56 bits per heavy atom. The molecule has 1 saturated carbocycles. The van der Waals surface area contributed by atoms with Gasteiger partial charge in [-0.25, -0.2) is 8.42 Å². The summed E-state index contributed by atoms with van der Waals surface area (Å²) in [5.41, 5.74) is 3.71. The molecular formula is C21H22N2O3S. The fraction of sp³-hybridized carbons (Fsp3) is 0.381. The number of sulfonamides is 1. The second kappa shape index (κ2) is 7.34. The smallest absolute Gasteiger partial charge is 0.214 e. The van der Waals surface area contributed by atoms with Gasteiger partial charge in [0.05, 0.1) is 24.0 Å². The number of nitrogens with zero attached hydrogens (tertiary/aromatic N) is 2. The molecule has 0 N–H and O–H groups in total. The van der Waals surface area contributed by atoms with E-state index >= 15 is 0 Å². The molecule has 0 atom stereocenters. The standard InChI is InChI=1S/C21H22N2O3S/c22-14-17-1-3-18(4-2-17)15-23(20-6-7-20)27(24,25)12-10-16-5-8-21-19(13-16)9-11-26-21/h1-5,8,13,20H,6-7,9-12,15H2. The third-order valence-electron chi connectivity index (χ3n) is 5.14. The minimum Gasteiger partial charge on any atom is -0.493 e. The van der Waals surface area contributed by atoms with Crippen LogP contribution in [0.1, 0.15) is 35.1 Å². The van der Waals surface area contributed by atoms with Crippen LogP contribution in [0.5, 0.6) is 5.75 Å². The van der Waals surface area contributed by atoms with Crippen LogP contribution in [-0.2, 0) is 29.4 Å². The minimum absolute atomic E-state index is 0.110. The summed E-state index contributed by atoms with van der Waals surface area (Å²) in [6.45, 7) is 1.08. The molecular weight excluding hydrogens is 360 g/mol. The quantitative estimate of drug-likeness (QED) is 0.738. The Balaban J connectivity index is 1.45. The van der Waals surface area contributed by atoms with Crippen LogP contribution in [0.2, 0.25) is 0 Å². The Hall–Kier alpha value is -2.36. The van der Waals surface area contributed by atoms with Crippen molar-refractivity contribution in [2.45, 2.75) is 38.3 Å². The Kier molecular flexibility index (Phi) is 4.90. The van der Waals surface area contributed by atoms with E-state index in [1.807, 2.05) is 24.3 Å². The van der Waals surface area contributed by atoms with Crippen molar-refractivity contribution in [1.29, 1.82) is 5.26 Å². The van der Waals surface area contributed by atoms with Crippen molar-refractivity contribution in [1.82, 2.24) is 4.31 Å². The molecule has 1 heterocycles. The molecule has 0 spiro atoms. The fourth-order valence-corrected chi connectivity index (χ4v) is 5.18. The van der Waals surface area contributed by atoms with Gasteiger partial charge < -0.3 is 4.74 Å². The van der Waals surface area contributed by atoms with Crippen molar-refractivity contribution < 1.29 is 13.2 Å². The molecule has 1 aliphatic heterocycles. The van der Waals surface area contributed by atoms with E-state index in [4.69, 9.17) is 10.00 Å². The van der Waals surface area contributed by atoms with Gasteiger partial charge in [0.2, 0.25) is 10.0 Å². The Morgan fingerprint density at radius 2 is 1.85 bits per heavy atom. The Bertz CT molecular complexity index is 973. The second-order valence-corrected chi connectivity index (χ2v) is 9.23. The van der Waals surface area contributed by atoms with E-state index < -0.39 is 10.0 Å². The molecule has 2 aromatic rings. The van der Waals surface area contributed by atoms with Crippen LogP contribution in [0.4, 0.5) is 0 Å². The molecule has 5 nitrogen and oxygen atoms in total. The summed E-state index contributed by atoms with van der Waals surface area (Å²) in [5.74, 6) is 1.03. The van der Waals surface area contributed by atoms with E-state index in [-0.39, 0.29) is 11.8 Å². The zero-order chi connectivity index (χ0) is 18.9. The monoisotopic (exact) mass is 382 g/mol. The average Bonchev–Trinajstić information content (AvgIpc) is 3.41. The maximum absolute atomic E-state index is 13.0. The highest BCUT2D eigenvalue weighted by atomic mass is 32.2. The van der Waals surface area contributed by atoms with Crippen LogP contribution in [0.25, 0.3) is 0 Å². The van der Waals surface area contributed by atoms with Crippen LogP contribution in [-0.4, -0.2) is 31.1 Å². The van der Waals surface area contributed by atoms with Crippen LogP contribution in [0.15, 0.2) is 42.5 Å². The lowest BCUT2D eigenvalue weighted by Gasteiger charge is -2.22. The van der Waals surface area contributed by atoms with Gasteiger partial charge >= 0.3 is 0 Å². The third kappa shape index (κ3) is 4.15. The molecule has 0 unspecified atom stereocenters. The topological polar surface area (TPSA) is 70.4 Å². The predicted molar refractivity (Wildman–Crippen MR) is 103 cm³/mol. The van der Waals surface area contributed by atoms with Crippen molar-refractivity contribution in [3.63, 3.8) is 0 Å². The molecule has 1 fully saturated rings. The highest BCUT2D eigenvalue weighted by molar-refractivity contribution is 7.89. The molecule has 0 amide bonds. The largest absolute Gasteiger partial charge is 0.493 e. The number of nitriles is 1. The summed E-state index contributed by atoms with van der Waals surface area (Å²) in [5, 5.41) is 8.91. The van der Waals surface area contributed by atoms with Crippen molar-refractivity contribution in [2.75, 3.05) is 12.4 Å². The fourth-order valence-electron chi connectivity index (χ4n) is 3.44. The average molecular weight is 382 g/mol. The van der Waals surface area contributed by atoms with Crippen molar-refractivity contribution in [3.8, 4) is 11.8 Å². The van der Waals surface area contributed by atoms with E-state index in [0.717, 1.165) is 36.1 Å². The number of hydrogen-bond donors (Lipinski definition) is 0. The molecule has 0 bridgehead atoms. The lowest BCUT2D eigenvalue weighted by atomic mass is 10.1. The van der Waals surface area contributed by atoms with Crippen LogP contribution in [0.3, 0.4) is 0 Å². The summed E-state index contributed by atoms with van der Waals surface area (Å²) in [7, 11) is -3.35. The molecule has 0 saturated heterocycles. The highest BCUT2D eigenvalue weighted by Crippen LogP contribution is 2.32. The first-order valence-electron chi connectivity index (χ1n) is 9.28. The first-order chi connectivity index (χ1) is 13.0. The molecule has 0 aromatic heterocycles. The Labute approximate surface area is 160 Å². The van der Waals surface area contributed by atoms with Gasteiger partial charge in [-0.3, -0.25) is 0 Å². The van der Waals surface area contributed by atoms with Gasteiger partial charge in [0, 0.05) is 19.0 Å². The minimum atomic E-state index is -3.35.